The molecule has 2 aromatic carbocycles. The number of carbonyl (C=O) groups excluding carboxylic acids is 1. The summed E-state index contributed by atoms with van der Waals surface area (Å²) in [7, 11) is 0. The highest BCUT2D eigenvalue weighted by molar-refractivity contribution is 6.30. The van der Waals surface area contributed by atoms with Gasteiger partial charge in [-0.15, -0.1) is 0 Å². The normalized spacial score (nSPS) is 15.4. The summed E-state index contributed by atoms with van der Waals surface area (Å²) >= 11 is 5.88. The molecule has 0 radical (unpaired) electrons. The minimum atomic E-state index is -4.40. The molecule has 7 heteroatoms. The van der Waals surface area contributed by atoms with Crippen molar-refractivity contribution in [3.8, 4) is 0 Å². The van der Waals surface area contributed by atoms with Gasteiger partial charge in [0.1, 0.15) is 0 Å². The molecule has 0 spiro atoms. The SMILES string of the molecule is O=C(c1ccc(C(F)(F)F)cc1)N1CCN(c2ccc(Cl)cc2)CC1. The van der Waals surface area contributed by atoms with Gasteiger partial charge in [0, 0.05) is 42.5 Å². The quantitative estimate of drug-likeness (QED) is 0.788. The highest BCUT2D eigenvalue weighted by atomic mass is 35.5. The first kappa shape index (κ1) is 17.6. The molecule has 25 heavy (non-hydrogen) atoms. The van der Waals surface area contributed by atoms with Crippen molar-refractivity contribution in [2.45, 2.75) is 6.18 Å². The molecular weight excluding hydrogens is 353 g/mol. The first-order valence-corrected chi connectivity index (χ1v) is 8.19. The Labute approximate surface area is 148 Å². The molecule has 0 aromatic heterocycles. The lowest BCUT2D eigenvalue weighted by atomic mass is 10.1. The molecule has 2 aromatic rings. The monoisotopic (exact) mass is 368 g/mol. The topological polar surface area (TPSA) is 23.6 Å². The second kappa shape index (κ2) is 6.96. The molecule has 0 saturated carbocycles. The Hall–Kier alpha value is -2.21. The Bertz CT molecular complexity index is 736. The van der Waals surface area contributed by atoms with Crippen LogP contribution in [-0.4, -0.2) is 37.0 Å². The molecule has 0 unspecified atom stereocenters. The zero-order chi connectivity index (χ0) is 18.0. The van der Waals surface area contributed by atoms with Crippen LogP contribution in [0.2, 0.25) is 5.02 Å². The van der Waals surface area contributed by atoms with E-state index < -0.39 is 11.7 Å². The van der Waals surface area contributed by atoms with Crippen LogP contribution in [0.4, 0.5) is 18.9 Å². The first-order valence-electron chi connectivity index (χ1n) is 7.81. The van der Waals surface area contributed by atoms with Crippen LogP contribution in [0.15, 0.2) is 48.5 Å². The predicted molar refractivity (Wildman–Crippen MR) is 91.0 cm³/mol. The number of piperazine rings is 1. The summed E-state index contributed by atoms with van der Waals surface area (Å²) in [4.78, 5) is 16.3. The molecule has 0 bridgehead atoms. The van der Waals surface area contributed by atoms with Crippen LogP contribution in [0.3, 0.4) is 0 Å². The summed E-state index contributed by atoms with van der Waals surface area (Å²) in [5.74, 6) is -0.246. The van der Waals surface area contributed by atoms with Crippen molar-refractivity contribution in [1.82, 2.24) is 4.90 Å². The van der Waals surface area contributed by atoms with E-state index in [0.717, 1.165) is 17.8 Å². The third kappa shape index (κ3) is 4.07. The number of rotatable bonds is 2. The zero-order valence-electron chi connectivity index (χ0n) is 13.3. The number of anilines is 1. The standard InChI is InChI=1S/C18H16ClF3N2O/c19-15-5-7-16(8-6-15)23-9-11-24(12-10-23)17(25)13-1-3-14(4-2-13)18(20,21)22/h1-8H,9-12H2. The molecule has 3 rings (SSSR count). The van der Waals surface area contributed by atoms with Crippen molar-refractivity contribution in [2.75, 3.05) is 31.1 Å². The van der Waals surface area contributed by atoms with E-state index in [1.165, 1.54) is 12.1 Å². The predicted octanol–water partition coefficient (Wildman–Crippen LogP) is 4.32. The molecule has 1 aliphatic heterocycles. The molecule has 1 fully saturated rings. The van der Waals surface area contributed by atoms with E-state index in [2.05, 4.69) is 4.90 Å². The van der Waals surface area contributed by atoms with Gasteiger partial charge >= 0.3 is 6.18 Å². The van der Waals surface area contributed by atoms with Crippen LogP contribution in [0.1, 0.15) is 15.9 Å². The maximum atomic E-state index is 12.6. The highest BCUT2D eigenvalue weighted by Crippen LogP contribution is 2.29. The van der Waals surface area contributed by atoms with E-state index in [9.17, 15) is 18.0 Å². The van der Waals surface area contributed by atoms with Crippen molar-refractivity contribution >= 4 is 23.2 Å². The number of alkyl halides is 3. The van der Waals surface area contributed by atoms with E-state index in [-0.39, 0.29) is 11.5 Å². The van der Waals surface area contributed by atoms with Gasteiger partial charge in [0.15, 0.2) is 0 Å². The van der Waals surface area contributed by atoms with Crippen LogP contribution < -0.4 is 4.90 Å². The maximum absolute atomic E-state index is 12.6. The third-order valence-electron chi connectivity index (χ3n) is 4.22. The summed E-state index contributed by atoms with van der Waals surface area (Å²) in [5, 5.41) is 0.667. The molecule has 1 aliphatic rings. The lowest BCUT2D eigenvalue weighted by molar-refractivity contribution is -0.137. The average Bonchev–Trinajstić information content (AvgIpc) is 2.61. The second-order valence-corrected chi connectivity index (χ2v) is 6.27. The molecule has 132 valence electrons. The molecule has 1 amide bonds. The second-order valence-electron chi connectivity index (χ2n) is 5.83. The number of halogens is 4. The Morgan fingerprint density at radius 3 is 1.96 bits per heavy atom. The van der Waals surface area contributed by atoms with Crippen molar-refractivity contribution in [1.29, 1.82) is 0 Å². The summed E-state index contributed by atoms with van der Waals surface area (Å²) in [5.41, 5.74) is 0.551. The molecule has 0 N–H and O–H groups in total. The first-order chi connectivity index (χ1) is 11.8. The largest absolute Gasteiger partial charge is 0.416 e. The Morgan fingerprint density at radius 2 is 1.44 bits per heavy atom. The van der Waals surface area contributed by atoms with Gasteiger partial charge < -0.3 is 9.80 Å². The Morgan fingerprint density at radius 1 is 0.880 bits per heavy atom. The molecule has 0 atom stereocenters. The summed E-state index contributed by atoms with van der Waals surface area (Å²) in [6.07, 6.45) is -4.40. The molecule has 1 saturated heterocycles. The minimum absolute atomic E-state index is 0.246. The number of benzene rings is 2. The lowest BCUT2D eigenvalue weighted by Crippen LogP contribution is -2.48. The summed E-state index contributed by atoms with van der Waals surface area (Å²) < 4.78 is 37.8. The fraction of sp³-hybridized carbons (Fsp3) is 0.278. The van der Waals surface area contributed by atoms with Crippen molar-refractivity contribution in [3.05, 3.63) is 64.7 Å². The van der Waals surface area contributed by atoms with Gasteiger partial charge in [-0.2, -0.15) is 13.2 Å². The summed E-state index contributed by atoms with van der Waals surface area (Å²) in [6, 6.07) is 11.8. The van der Waals surface area contributed by atoms with Crippen LogP contribution in [0, 0.1) is 0 Å². The number of nitrogens with zero attached hydrogens (tertiary/aromatic N) is 2. The van der Waals surface area contributed by atoms with E-state index in [0.29, 0.717) is 31.2 Å². The highest BCUT2D eigenvalue weighted by Gasteiger charge is 2.30. The van der Waals surface area contributed by atoms with Gasteiger partial charge in [0.25, 0.3) is 5.91 Å². The van der Waals surface area contributed by atoms with Crippen LogP contribution in [0.25, 0.3) is 0 Å². The van der Waals surface area contributed by atoms with Crippen LogP contribution in [-0.2, 0) is 6.18 Å². The maximum Gasteiger partial charge on any atom is 0.416 e. The van der Waals surface area contributed by atoms with Crippen LogP contribution >= 0.6 is 11.6 Å². The molecule has 0 aliphatic carbocycles. The zero-order valence-corrected chi connectivity index (χ0v) is 14.0. The van der Waals surface area contributed by atoms with Gasteiger partial charge in [-0.25, -0.2) is 0 Å². The molecule has 1 heterocycles. The summed E-state index contributed by atoms with van der Waals surface area (Å²) in [6.45, 7) is 2.35. The van der Waals surface area contributed by atoms with Gasteiger partial charge in [0.05, 0.1) is 5.56 Å². The van der Waals surface area contributed by atoms with E-state index >= 15 is 0 Å². The number of hydrogen-bond acceptors (Lipinski definition) is 2. The van der Waals surface area contributed by atoms with Gasteiger partial charge in [-0.1, -0.05) is 11.6 Å². The van der Waals surface area contributed by atoms with Crippen LogP contribution in [0.5, 0.6) is 0 Å². The number of carbonyl (C=O) groups is 1. The van der Waals surface area contributed by atoms with Crippen molar-refractivity contribution in [3.63, 3.8) is 0 Å². The smallest absolute Gasteiger partial charge is 0.368 e. The van der Waals surface area contributed by atoms with Crippen molar-refractivity contribution in [2.24, 2.45) is 0 Å². The molecular formula is C18H16ClF3N2O. The number of hydrogen-bond donors (Lipinski definition) is 0. The average molecular weight is 369 g/mol. The van der Waals surface area contributed by atoms with Gasteiger partial charge in [0.2, 0.25) is 0 Å². The van der Waals surface area contributed by atoms with Gasteiger partial charge in [-0.05, 0) is 48.5 Å². The van der Waals surface area contributed by atoms with E-state index in [1.54, 1.807) is 4.90 Å². The number of amides is 1. The fourth-order valence-electron chi connectivity index (χ4n) is 2.80. The lowest BCUT2D eigenvalue weighted by Gasteiger charge is -2.36. The molecule has 3 nitrogen and oxygen atoms in total. The minimum Gasteiger partial charge on any atom is -0.368 e. The van der Waals surface area contributed by atoms with Crippen molar-refractivity contribution < 1.29 is 18.0 Å². The van der Waals surface area contributed by atoms with E-state index in [1.807, 2.05) is 24.3 Å². The Balaban J connectivity index is 1.62. The Kier molecular flexibility index (Phi) is 4.90. The van der Waals surface area contributed by atoms with E-state index in [4.69, 9.17) is 11.6 Å². The third-order valence-corrected chi connectivity index (χ3v) is 4.47. The van der Waals surface area contributed by atoms with Gasteiger partial charge in [-0.3, -0.25) is 4.79 Å². The fourth-order valence-corrected chi connectivity index (χ4v) is 2.93.